The van der Waals surface area contributed by atoms with Gasteiger partial charge in [-0.3, -0.25) is 4.79 Å². The van der Waals surface area contributed by atoms with Crippen molar-refractivity contribution in [2.24, 2.45) is 0 Å². The number of hydrogen-bond acceptors (Lipinski definition) is 3. The molecule has 0 radical (unpaired) electrons. The summed E-state index contributed by atoms with van der Waals surface area (Å²) in [5.41, 5.74) is 3.61. The zero-order chi connectivity index (χ0) is 15.9. The summed E-state index contributed by atoms with van der Waals surface area (Å²) < 4.78 is 5.23. The van der Waals surface area contributed by atoms with Gasteiger partial charge in [-0.15, -0.1) is 0 Å². The summed E-state index contributed by atoms with van der Waals surface area (Å²) >= 11 is 0. The van der Waals surface area contributed by atoms with E-state index in [1.54, 1.807) is 19.2 Å². The topological polar surface area (TPSA) is 58.6 Å². The molecule has 4 nitrogen and oxygen atoms in total. The molecule has 0 bridgehead atoms. The standard InChI is InChI=1S/C18H21NO3/c1-13-3-8-16(11-17(13)22-2)18(21)19-10-9-14-4-6-15(12-20)7-5-14/h3-8,11,20H,9-10,12H2,1-2H3,(H,19,21). The molecule has 2 N–H and O–H groups in total. The molecule has 0 spiro atoms. The van der Waals surface area contributed by atoms with E-state index in [0.29, 0.717) is 17.9 Å². The van der Waals surface area contributed by atoms with Crippen LogP contribution in [-0.2, 0) is 13.0 Å². The lowest BCUT2D eigenvalue weighted by Crippen LogP contribution is -2.25. The number of aliphatic hydroxyl groups is 1. The van der Waals surface area contributed by atoms with Crippen molar-refractivity contribution in [3.63, 3.8) is 0 Å². The maximum atomic E-state index is 12.1. The fourth-order valence-electron chi connectivity index (χ4n) is 2.20. The van der Waals surface area contributed by atoms with Crippen LogP contribution in [0, 0.1) is 6.92 Å². The zero-order valence-corrected chi connectivity index (χ0v) is 12.9. The van der Waals surface area contributed by atoms with Crippen LogP contribution in [0.2, 0.25) is 0 Å². The lowest BCUT2D eigenvalue weighted by atomic mass is 10.1. The monoisotopic (exact) mass is 299 g/mol. The average Bonchev–Trinajstić information content (AvgIpc) is 2.55. The Kier molecular flexibility index (Phi) is 5.55. The summed E-state index contributed by atoms with van der Waals surface area (Å²) in [5, 5.41) is 11.9. The smallest absolute Gasteiger partial charge is 0.251 e. The van der Waals surface area contributed by atoms with Crippen LogP contribution in [0.5, 0.6) is 5.75 Å². The molecule has 4 heteroatoms. The van der Waals surface area contributed by atoms with E-state index in [1.807, 2.05) is 37.3 Å². The lowest BCUT2D eigenvalue weighted by molar-refractivity contribution is 0.0954. The van der Waals surface area contributed by atoms with Crippen molar-refractivity contribution in [1.82, 2.24) is 5.32 Å². The molecule has 0 saturated carbocycles. The molecule has 0 unspecified atom stereocenters. The second kappa shape index (κ2) is 7.61. The van der Waals surface area contributed by atoms with E-state index in [4.69, 9.17) is 9.84 Å². The molecule has 0 fully saturated rings. The van der Waals surface area contributed by atoms with Crippen molar-refractivity contribution in [3.05, 3.63) is 64.7 Å². The van der Waals surface area contributed by atoms with Gasteiger partial charge in [-0.2, -0.15) is 0 Å². The number of aliphatic hydroxyl groups excluding tert-OH is 1. The number of benzene rings is 2. The van der Waals surface area contributed by atoms with Crippen molar-refractivity contribution in [2.45, 2.75) is 20.0 Å². The third-order valence-electron chi connectivity index (χ3n) is 3.58. The van der Waals surface area contributed by atoms with Crippen molar-refractivity contribution >= 4 is 5.91 Å². The van der Waals surface area contributed by atoms with E-state index in [-0.39, 0.29) is 12.5 Å². The SMILES string of the molecule is COc1cc(C(=O)NCCc2ccc(CO)cc2)ccc1C. The summed E-state index contributed by atoms with van der Waals surface area (Å²) in [7, 11) is 1.60. The first-order valence-electron chi connectivity index (χ1n) is 7.25. The molecule has 0 atom stereocenters. The summed E-state index contributed by atoms with van der Waals surface area (Å²) in [4.78, 5) is 12.1. The largest absolute Gasteiger partial charge is 0.496 e. The molecule has 2 rings (SSSR count). The van der Waals surface area contributed by atoms with Gasteiger partial charge in [0.2, 0.25) is 0 Å². The first-order valence-corrected chi connectivity index (χ1v) is 7.25. The fourth-order valence-corrected chi connectivity index (χ4v) is 2.20. The Morgan fingerprint density at radius 2 is 1.82 bits per heavy atom. The van der Waals surface area contributed by atoms with Crippen LogP contribution < -0.4 is 10.1 Å². The Hall–Kier alpha value is -2.33. The fraction of sp³-hybridized carbons (Fsp3) is 0.278. The molecule has 116 valence electrons. The third-order valence-corrected chi connectivity index (χ3v) is 3.58. The molecule has 0 aliphatic heterocycles. The quantitative estimate of drug-likeness (QED) is 0.861. The molecule has 1 amide bonds. The normalized spacial score (nSPS) is 10.3. The predicted octanol–water partition coefficient (Wildman–Crippen LogP) is 2.47. The van der Waals surface area contributed by atoms with E-state index in [2.05, 4.69) is 5.32 Å². The Morgan fingerprint density at radius 3 is 2.45 bits per heavy atom. The Morgan fingerprint density at radius 1 is 1.14 bits per heavy atom. The van der Waals surface area contributed by atoms with Gasteiger partial charge in [-0.05, 0) is 42.2 Å². The van der Waals surface area contributed by atoms with E-state index in [0.717, 1.165) is 23.1 Å². The molecular weight excluding hydrogens is 278 g/mol. The zero-order valence-electron chi connectivity index (χ0n) is 12.9. The Balaban J connectivity index is 1.89. The first kappa shape index (κ1) is 16.0. The van der Waals surface area contributed by atoms with Crippen LogP contribution in [0.25, 0.3) is 0 Å². The van der Waals surface area contributed by atoms with Crippen LogP contribution in [0.1, 0.15) is 27.0 Å². The van der Waals surface area contributed by atoms with Gasteiger partial charge in [0.15, 0.2) is 0 Å². The summed E-state index contributed by atoms with van der Waals surface area (Å²) in [5.74, 6) is 0.609. The van der Waals surface area contributed by atoms with Gasteiger partial charge in [0.25, 0.3) is 5.91 Å². The maximum absolute atomic E-state index is 12.1. The van der Waals surface area contributed by atoms with Crippen molar-refractivity contribution in [3.8, 4) is 5.75 Å². The number of hydrogen-bond donors (Lipinski definition) is 2. The molecule has 0 saturated heterocycles. The van der Waals surface area contributed by atoms with Gasteiger partial charge in [0.05, 0.1) is 13.7 Å². The molecule has 0 aliphatic carbocycles. The number of methoxy groups -OCH3 is 1. The summed E-state index contributed by atoms with van der Waals surface area (Å²) in [6.07, 6.45) is 0.750. The maximum Gasteiger partial charge on any atom is 0.251 e. The van der Waals surface area contributed by atoms with Crippen molar-refractivity contribution < 1.29 is 14.6 Å². The van der Waals surface area contributed by atoms with E-state index in [1.165, 1.54) is 0 Å². The van der Waals surface area contributed by atoms with E-state index >= 15 is 0 Å². The number of carbonyl (C=O) groups excluding carboxylic acids is 1. The minimum atomic E-state index is -0.106. The van der Waals surface area contributed by atoms with Crippen LogP contribution in [0.15, 0.2) is 42.5 Å². The van der Waals surface area contributed by atoms with Crippen LogP contribution >= 0.6 is 0 Å². The van der Waals surface area contributed by atoms with Crippen molar-refractivity contribution in [1.29, 1.82) is 0 Å². The highest BCUT2D eigenvalue weighted by Gasteiger charge is 2.08. The summed E-state index contributed by atoms with van der Waals surface area (Å²) in [6.45, 7) is 2.55. The van der Waals surface area contributed by atoms with Gasteiger partial charge < -0.3 is 15.2 Å². The highest BCUT2D eigenvalue weighted by Crippen LogP contribution is 2.18. The number of nitrogens with one attached hydrogen (secondary N) is 1. The van der Waals surface area contributed by atoms with Gasteiger partial charge in [0, 0.05) is 12.1 Å². The Labute approximate surface area is 130 Å². The molecule has 22 heavy (non-hydrogen) atoms. The first-order chi connectivity index (χ1) is 10.6. The highest BCUT2D eigenvalue weighted by atomic mass is 16.5. The summed E-state index contributed by atoms with van der Waals surface area (Å²) in [6, 6.07) is 13.1. The molecule has 2 aromatic rings. The molecule has 2 aromatic carbocycles. The predicted molar refractivity (Wildman–Crippen MR) is 86.1 cm³/mol. The van der Waals surface area contributed by atoms with E-state index < -0.39 is 0 Å². The Bertz CT molecular complexity index is 635. The van der Waals surface area contributed by atoms with Crippen LogP contribution in [-0.4, -0.2) is 24.7 Å². The molecule has 0 aromatic heterocycles. The van der Waals surface area contributed by atoms with Gasteiger partial charge >= 0.3 is 0 Å². The molecular formula is C18H21NO3. The number of amides is 1. The van der Waals surface area contributed by atoms with E-state index in [9.17, 15) is 4.79 Å². The lowest BCUT2D eigenvalue weighted by Gasteiger charge is -2.09. The van der Waals surface area contributed by atoms with Gasteiger partial charge in [0.1, 0.15) is 5.75 Å². The second-order valence-electron chi connectivity index (χ2n) is 5.16. The number of aryl methyl sites for hydroxylation is 1. The average molecular weight is 299 g/mol. The van der Waals surface area contributed by atoms with Crippen molar-refractivity contribution in [2.75, 3.05) is 13.7 Å². The number of carbonyl (C=O) groups is 1. The minimum Gasteiger partial charge on any atom is -0.496 e. The van der Waals surface area contributed by atoms with Crippen LogP contribution in [0.4, 0.5) is 0 Å². The third kappa shape index (κ3) is 4.09. The van der Waals surface area contributed by atoms with Gasteiger partial charge in [-0.1, -0.05) is 30.3 Å². The highest BCUT2D eigenvalue weighted by molar-refractivity contribution is 5.94. The van der Waals surface area contributed by atoms with Crippen LogP contribution in [0.3, 0.4) is 0 Å². The minimum absolute atomic E-state index is 0.0479. The second-order valence-corrected chi connectivity index (χ2v) is 5.16. The molecule has 0 heterocycles. The number of rotatable bonds is 6. The number of ether oxygens (including phenoxy) is 1. The molecule has 0 aliphatic rings. The van der Waals surface area contributed by atoms with Gasteiger partial charge in [-0.25, -0.2) is 0 Å².